The zero-order chi connectivity index (χ0) is 13.5. The number of ether oxygens (including phenoxy) is 2. The molecule has 1 aromatic heterocycles. The summed E-state index contributed by atoms with van der Waals surface area (Å²) in [6, 6.07) is 8.09. The normalized spacial score (nSPS) is 11.3. The maximum absolute atomic E-state index is 5.87. The van der Waals surface area contributed by atoms with Gasteiger partial charge in [0.2, 0.25) is 0 Å². The summed E-state index contributed by atoms with van der Waals surface area (Å²) in [5, 5.41) is 4.51. The van der Waals surface area contributed by atoms with Crippen molar-refractivity contribution in [2.75, 3.05) is 26.9 Å². The van der Waals surface area contributed by atoms with E-state index in [1.807, 2.05) is 18.2 Å². The quantitative estimate of drug-likeness (QED) is 0.744. The van der Waals surface area contributed by atoms with Crippen molar-refractivity contribution in [3.63, 3.8) is 0 Å². The molecular weight excluding hydrogens is 242 g/mol. The van der Waals surface area contributed by atoms with Crippen LogP contribution in [-0.4, -0.2) is 26.9 Å². The summed E-state index contributed by atoms with van der Waals surface area (Å²) in [5.74, 6) is 0.901. The summed E-state index contributed by atoms with van der Waals surface area (Å²) in [6.45, 7) is 5.49. The first-order chi connectivity index (χ1) is 9.36. The van der Waals surface area contributed by atoms with Gasteiger partial charge in [0, 0.05) is 24.6 Å². The van der Waals surface area contributed by atoms with Crippen molar-refractivity contribution in [2.45, 2.75) is 20.1 Å². The van der Waals surface area contributed by atoms with E-state index < -0.39 is 0 Å². The molecule has 0 aliphatic heterocycles. The highest BCUT2D eigenvalue weighted by Gasteiger charge is 2.13. The molecule has 0 saturated carbocycles. The maximum atomic E-state index is 5.87. The lowest BCUT2D eigenvalue weighted by Crippen LogP contribution is -2.13. The predicted molar refractivity (Wildman–Crippen MR) is 75.1 cm³/mol. The highest BCUT2D eigenvalue weighted by molar-refractivity contribution is 5.82. The topological polar surface area (TPSA) is 43.6 Å². The number of furan rings is 1. The van der Waals surface area contributed by atoms with E-state index in [0.29, 0.717) is 19.8 Å². The van der Waals surface area contributed by atoms with Gasteiger partial charge in [0.15, 0.2) is 0 Å². The number of hydrogen-bond acceptors (Lipinski definition) is 4. The van der Waals surface area contributed by atoms with Crippen molar-refractivity contribution in [1.82, 2.24) is 5.32 Å². The summed E-state index contributed by atoms with van der Waals surface area (Å²) in [5.41, 5.74) is 2.11. The molecule has 2 rings (SSSR count). The Labute approximate surface area is 113 Å². The van der Waals surface area contributed by atoms with Gasteiger partial charge in [0.05, 0.1) is 13.2 Å². The van der Waals surface area contributed by atoms with E-state index in [-0.39, 0.29) is 0 Å². The van der Waals surface area contributed by atoms with Crippen molar-refractivity contribution in [1.29, 1.82) is 0 Å². The molecule has 0 amide bonds. The molecule has 0 aliphatic carbocycles. The van der Waals surface area contributed by atoms with Gasteiger partial charge in [0.25, 0.3) is 0 Å². The molecule has 4 nitrogen and oxygen atoms in total. The van der Waals surface area contributed by atoms with Crippen LogP contribution in [0.4, 0.5) is 0 Å². The fourth-order valence-electron chi connectivity index (χ4n) is 2.02. The molecule has 4 heteroatoms. The van der Waals surface area contributed by atoms with E-state index in [1.54, 1.807) is 7.11 Å². The van der Waals surface area contributed by atoms with Crippen LogP contribution in [0.1, 0.15) is 18.2 Å². The number of benzene rings is 1. The second-order valence-corrected chi connectivity index (χ2v) is 4.33. The van der Waals surface area contributed by atoms with Crippen LogP contribution in [0.3, 0.4) is 0 Å². The third-order valence-corrected chi connectivity index (χ3v) is 3.00. The Balaban J connectivity index is 2.15. The average Bonchev–Trinajstić information content (AvgIpc) is 2.79. The molecule has 1 N–H and O–H groups in total. The van der Waals surface area contributed by atoms with Gasteiger partial charge in [-0.1, -0.05) is 25.1 Å². The SMILES string of the molecule is CCNCc1c(COCCOC)oc2ccccc12. The lowest BCUT2D eigenvalue weighted by Gasteiger charge is -2.05. The van der Waals surface area contributed by atoms with E-state index in [1.165, 1.54) is 5.56 Å². The van der Waals surface area contributed by atoms with E-state index in [9.17, 15) is 0 Å². The Morgan fingerprint density at radius 3 is 2.84 bits per heavy atom. The first-order valence-corrected chi connectivity index (χ1v) is 6.63. The molecule has 19 heavy (non-hydrogen) atoms. The zero-order valence-corrected chi connectivity index (χ0v) is 11.6. The van der Waals surface area contributed by atoms with Crippen molar-refractivity contribution < 1.29 is 13.9 Å². The fraction of sp³-hybridized carbons (Fsp3) is 0.467. The second kappa shape index (κ2) is 7.28. The molecule has 0 radical (unpaired) electrons. The third-order valence-electron chi connectivity index (χ3n) is 3.00. The van der Waals surface area contributed by atoms with Gasteiger partial charge in [-0.2, -0.15) is 0 Å². The van der Waals surface area contributed by atoms with Crippen LogP contribution in [-0.2, 0) is 22.6 Å². The number of fused-ring (bicyclic) bond motifs is 1. The van der Waals surface area contributed by atoms with Crippen molar-refractivity contribution in [3.05, 3.63) is 35.6 Å². The van der Waals surface area contributed by atoms with E-state index in [0.717, 1.165) is 29.8 Å². The van der Waals surface area contributed by atoms with Gasteiger partial charge in [-0.05, 0) is 12.6 Å². The Bertz CT molecular complexity index is 507. The van der Waals surface area contributed by atoms with E-state index >= 15 is 0 Å². The zero-order valence-electron chi connectivity index (χ0n) is 11.6. The second-order valence-electron chi connectivity index (χ2n) is 4.33. The Morgan fingerprint density at radius 1 is 1.21 bits per heavy atom. The number of hydrogen-bond donors (Lipinski definition) is 1. The Morgan fingerprint density at radius 2 is 2.05 bits per heavy atom. The third kappa shape index (κ3) is 3.56. The molecule has 0 atom stereocenters. The van der Waals surface area contributed by atoms with Crippen LogP contribution in [0, 0.1) is 0 Å². The predicted octanol–water partition coefficient (Wildman–Crippen LogP) is 2.71. The van der Waals surface area contributed by atoms with Crippen LogP contribution in [0.15, 0.2) is 28.7 Å². The Hall–Kier alpha value is -1.36. The summed E-state index contributed by atoms with van der Waals surface area (Å²) >= 11 is 0. The molecule has 0 fully saturated rings. The minimum Gasteiger partial charge on any atom is -0.458 e. The number of para-hydroxylation sites is 1. The van der Waals surface area contributed by atoms with Crippen LogP contribution in [0.5, 0.6) is 0 Å². The highest BCUT2D eigenvalue weighted by Crippen LogP contribution is 2.26. The summed E-state index contributed by atoms with van der Waals surface area (Å²) in [6.07, 6.45) is 0. The largest absolute Gasteiger partial charge is 0.458 e. The Kier molecular flexibility index (Phi) is 5.39. The van der Waals surface area contributed by atoms with Crippen LogP contribution in [0.2, 0.25) is 0 Å². The van der Waals surface area contributed by atoms with Gasteiger partial charge < -0.3 is 19.2 Å². The number of methoxy groups -OCH3 is 1. The van der Waals surface area contributed by atoms with Crippen molar-refractivity contribution >= 4 is 11.0 Å². The average molecular weight is 263 g/mol. The van der Waals surface area contributed by atoms with Crippen LogP contribution >= 0.6 is 0 Å². The first kappa shape index (κ1) is 14.1. The molecule has 0 unspecified atom stereocenters. The lowest BCUT2D eigenvalue weighted by molar-refractivity contribution is 0.0539. The molecule has 0 spiro atoms. The smallest absolute Gasteiger partial charge is 0.135 e. The lowest BCUT2D eigenvalue weighted by atomic mass is 10.1. The van der Waals surface area contributed by atoms with E-state index in [2.05, 4.69) is 18.3 Å². The van der Waals surface area contributed by atoms with E-state index in [4.69, 9.17) is 13.9 Å². The van der Waals surface area contributed by atoms with Crippen LogP contribution in [0.25, 0.3) is 11.0 Å². The maximum Gasteiger partial charge on any atom is 0.135 e. The molecule has 0 aliphatic rings. The summed E-state index contributed by atoms with van der Waals surface area (Å²) in [4.78, 5) is 0. The molecular formula is C15H21NO3. The molecule has 1 aromatic carbocycles. The summed E-state index contributed by atoms with van der Waals surface area (Å²) < 4.78 is 16.4. The molecule has 1 heterocycles. The highest BCUT2D eigenvalue weighted by atomic mass is 16.5. The van der Waals surface area contributed by atoms with Crippen molar-refractivity contribution in [3.8, 4) is 0 Å². The molecule has 0 saturated heterocycles. The molecule has 2 aromatic rings. The van der Waals surface area contributed by atoms with Gasteiger partial charge in [-0.3, -0.25) is 0 Å². The monoisotopic (exact) mass is 263 g/mol. The van der Waals surface area contributed by atoms with Crippen LogP contribution < -0.4 is 5.32 Å². The minimum atomic E-state index is 0.485. The summed E-state index contributed by atoms with van der Waals surface area (Å²) in [7, 11) is 1.67. The standard InChI is InChI=1S/C15H21NO3/c1-3-16-10-13-12-6-4-5-7-14(12)19-15(13)11-18-9-8-17-2/h4-7,16H,3,8-11H2,1-2H3. The molecule has 104 valence electrons. The van der Waals surface area contributed by atoms with Gasteiger partial charge in [-0.25, -0.2) is 0 Å². The van der Waals surface area contributed by atoms with Gasteiger partial charge in [-0.15, -0.1) is 0 Å². The minimum absolute atomic E-state index is 0.485. The van der Waals surface area contributed by atoms with Gasteiger partial charge >= 0.3 is 0 Å². The van der Waals surface area contributed by atoms with Gasteiger partial charge in [0.1, 0.15) is 18.0 Å². The molecule has 0 bridgehead atoms. The number of rotatable bonds is 8. The number of nitrogens with one attached hydrogen (secondary N) is 1. The first-order valence-electron chi connectivity index (χ1n) is 6.63. The van der Waals surface area contributed by atoms with Crippen molar-refractivity contribution in [2.24, 2.45) is 0 Å². The fourth-order valence-corrected chi connectivity index (χ4v) is 2.02.